The Bertz CT molecular complexity index is 1550. The number of aliphatic hydroxyl groups excluding tert-OH is 2. The minimum atomic E-state index is -0.845. The van der Waals surface area contributed by atoms with Gasteiger partial charge in [-0.2, -0.15) is 0 Å². The molecule has 0 radical (unpaired) electrons. The first-order valence-electron chi connectivity index (χ1n) is 42.4. The lowest BCUT2D eigenvalue weighted by Crippen LogP contribution is -2.45. The Morgan fingerprint density at radius 2 is 0.538 bits per heavy atom. The van der Waals surface area contributed by atoms with Gasteiger partial charge in [0.2, 0.25) is 5.91 Å². The van der Waals surface area contributed by atoms with E-state index < -0.39 is 12.1 Å². The number of esters is 1. The number of allylic oxidation sites excluding steroid dienone is 7. The molecular formula is C87H165NO5. The fraction of sp³-hybridized carbons (Fsp3) is 0.885. The maximum absolute atomic E-state index is 12.6. The summed E-state index contributed by atoms with van der Waals surface area (Å²) in [6.45, 7) is 4.95. The van der Waals surface area contributed by atoms with Crippen molar-refractivity contribution in [1.29, 1.82) is 0 Å². The fourth-order valence-corrected chi connectivity index (χ4v) is 13.4. The number of hydrogen-bond acceptors (Lipinski definition) is 5. The molecule has 6 heteroatoms. The van der Waals surface area contributed by atoms with Crippen LogP contribution in [-0.2, 0) is 14.3 Å². The van der Waals surface area contributed by atoms with Crippen LogP contribution in [-0.4, -0.2) is 47.4 Å². The summed E-state index contributed by atoms with van der Waals surface area (Å²) < 4.78 is 5.50. The molecule has 548 valence electrons. The molecule has 0 aliphatic carbocycles. The van der Waals surface area contributed by atoms with Crippen molar-refractivity contribution in [3.8, 4) is 0 Å². The highest BCUT2D eigenvalue weighted by Crippen LogP contribution is 2.20. The molecule has 0 aliphatic heterocycles. The molecule has 6 nitrogen and oxygen atoms in total. The van der Waals surface area contributed by atoms with Crippen LogP contribution in [0, 0.1) is 0 Å². The summed E-state index contributed by atoms with van der Waals surface area (Å²) in [6, 6.07) is -0.628. The molecule has 0 aromatic heterocycles. The Kier molecular flexibility index (Phi) is 80.3. The van der Waals surface area contributed by atoms with E-state index in [1.165, 1.54) is 392 Å². The lowest BCUT2D eigenvalue weighted by Gasteiger charge is -2.20. The predicted octanol–water partition coefficient (Wildman–Crippen LogP) is 28.3. The van der Waals surface area contributed by atoms with E-state index in [1.54, 1.807) is 6.08 Å². The van der Waals surface area contributed by atoms with Crippen LogP contribution in [0.15, 0.2) is 48.6 Å². The zero-order valence-electron chi connectivity index (χ0n) is 63.0. The molecule has 1 amide bonds. The number of unbranched alkanes of at least 4 members (excludes halogenated alkanes) is 63. The standard InChI is InChI=1S/C87H165NO5/c1-3-5-7-9-11-13-15-17-19-21-22-23-24-36-39-42-45-48-51-55-59-63-67-71-75-79-85(90)84(83-89)88-86(91)80-76-72-68-64-60-56-52-49-46-43-40-37-34-32-30-28-26-25-27-29-31-33-35-38-41-44-47-50-54-58-62-66-70-74-78-82-93-87(92)81-77-73-69-65-61-57-53-20-18-16-14-12-10-8-6-4-2/h20,27,29,33,35,53,75,79,84-85,89-90H,3-19,21-26,28,30-32,34,36-52,54-74,76-78,80-83H2,1-2H3,(H,88,91)/b29-27-,35-33-,53-20-,79-75+. The molecule has 2 atom stereocenters. The number of hydrogen-bond donors (Lipinski definition) is 3. The first-order valence-corrected chi connectivity index (χ1v) is 42.4. The van der Waals surface area contributed by atoms with Gasteiger partial charge in [0.15, 0.2) is 0 Å². The summed E-state index contributed by atoms with van der Waals surface area (Å²) in [5, 5.41) is 23.3. The molecule has 0 aromatic carbocycles. The number of rotatable bonds is 80. The Morgan fingerprint density at radius 3 is 0.828 bits per heavy atom. The highest BCUT2D eigenvalue weighted by Gasteiger charge is 2.18. The average Bonchev–Trinajstić information content (AvgIpc) is 3.78. The molecule has 0 aliphatic rings. The normalized spacial score (nSPS) is 12.7. The Hall–Kier alpha value is -2.18. The summed E-state index contributed by atoms with van der Waals surface area (Å²) in [4.78, 5) is 24.7. The second kappa shape index (κ2) is 82.2. The molecule has 3 N–H and O–H groups in total. The topological polar surface area (TPSA) is 95.9 Å². The Morgan fingerprint density at radius 1 is 0.301 bits per heavy atom. The zero-order valence-corrected chi connectivity index (χ0v) is 63.0. The molecule has 0 spiro atoms. The molecule has 0 saturated heterocycles. The SMILES string of the molecule is CCCCCCCCC/C=C\CCCCCCCC(=O)OCCCCCCCCCCCCC/C=C\C/C=C\CCCCCCCCCCCCCCCCCCCC(=O)NC(CO)C(O)/C=C/CCCCCCCCCCCCCCCCCCCCCCCCC. The van der Waals surface area contributed by atoms with Gasteiger partial charge in [-0.15, -0.1) is 0 Å². The second-order valence-electron chi connectivity index (χ2n) is 29.2. The maximum atomic E-state index is 12.6. The summed E-state index contributed by atoms with van der Waals surface area (Å²) in [5.74, 6) is -0.0507. The van der Waals surface area contributed by atoms with Crippen LogP contribution >= 0.6 is 0 Å². The molecule has 0 heterocycles. The van der Waals surface area contributed by atoms with Crippen molar-refractivity contribution in [2.24, 2.45) is 0 Å². The Balaban J connectivity index is 3.39. The van der Waals surface area contributed by atoms with Crippen molar-refractivity contribution < 1.29 is 24.5 Å². The smallest absolute Gasteiger partial charge is 0.305 e. The summed E-state index contributed by atoms with van der Waals surface area (Å²) in [6.07, 6.45) is 110. The highest BCUT2D eigenvalue weighted by atomic mass is 16.5. The zero-order chi connectivity index (χ0) is 67.0. The van der Waals surface area contributed by atoms with Crippen molar-refractivity contribution >= 4 is 11.9 Å². The predicted molar refractivity (Wildman–Crippen MR) is 412 cm³/mol. The van der Waals surface area contributed by atoms with E-state index in [4.69, 9.17) is 4.74 Å². The number of amides is 1. The summed E-state index contributed by atoms with van der Waals surface area (Å²) in [5.41, 5.74) is 0. The van der Waals surface area contributed by atoms with Crippen LogP contribution in [0.2, 0.25) is 0 Å². The van der Waals surface area contributed by atoms with E-state index in [0.29, 0.717) is 19.4 Å². The van der Waals surface area contributed by atoms with Crippen molar-refractivity contribution in [2.45, 2.75) is 482 Å². The van der Waals surface area contributed by atoms with Gasteiger partial charge in [0.25, 0.3) is 0 Å². The third-order valence-electron chi connectivity index (χ3n) is 19.8. The van der Waals surface area contributed by atoms with Gasteiger partial charge in [-0.3, -0.25) is 9.59 Å². The molecule has 0 rings (SSSR count). The second-order valence-corrected chi connectivity index (χ2v) is 29.2. The van der Waals surface area contributed by atoms with Crippen LogP contribution in [0.3, 0.4) is 0 Å². The number of ether oxygens (including phenoxy) is 1. The third kappa shape index (κ3) is 78.7. The van der Waals surface area contributed by atoms with Crippen LogP contribution in [0.25, 0.3) is 0 Å². The van der Waals surface area contributed by atoms with Crippen molar-refractivity contribution in [3.05, 3.63) is 48.6 Å². The van der Waals surface area contributed by atoms with E-state index in [2.05, 4.69) is 55.6 Å². The molecular weight excluding hydrogens is 1140 g/mol. The van der Waals surface area contributed by atoms with Crippen molar-refractivity contribution in [1.82, 2.24) is 5.32 Å². The van der Waals surface area contributed by atoms with Gasteiger partial charge in [0.05, 0.1) is 25.4 Å². The first-order chi connectivity index (χ1) is 46.0. The summed E-state index contributed by atoms with van der Waals surface area (Å²) >= 11 is 0. The molecule has 2 unspecified atom stereocenters. The number of nitrogens with one attached hydrogen (secondary N) is 1. The molecule has 0 aromatic rings. The minimum Gasteiger partial charge on any atom is -0.466 e. The average molecular weight is 1310 g/mol. The molecule has 93 heavy (non-hydrogen) atoms. The maximum Gasteiger partial charge on any atom is 0.305 e. The van der Waals surface area contributed by atoms with E-state index in [1.807, 2.05) is 6.08 Å². The van der Waals surface area contributed by atoms with Crippen molar-refractivity contribution in [3.63, 3.8) is 0 Å². The fourth-order valence-electron chi connectivity index (χ4n) is 13.4. The molecule has 0 fully saturated rings. The first kappa shape index (κ1) is 90.8. The van der Waals surface area contributed by atoms with Crippen LogP contribution in [0.4, 0.5) is 0 Å². The van der Waals surface area contributed by atoms with Crippen molar-refractivity contribution in [2.75, 3.05) is 13.2 Å². The lowest BCUT2D eigenvalue weighted by atomic mass is 10.0. The van der Waals surface area contributed by atoms with Gasteiger partial charge >= 0.3 is 5.97 Å². The van der Waals surface area contributed by atoms with Gasteiger partial charge in [0.1, 0.15) is 0 Å². The lowest BCUT2D eigenvalue weighted by molar-refractivity contribution is -0.143. The van der Waals surface area contributed by atoms with E-state index >= 15 is 0 Å². The monoisotopic (exact) mass is 1300 g/mol. The number of aliphatic hydroxyl groups is 2. The van der Waals surface area contributed by atoms with Crippen LogP contribution in [0.1, 0.15) is 470 Å². The van der Waals surface area contributed by atoms with Crippen LogP contribution in [0.5, 0.6) is 0 Å². The quantitative estimate of drug-likeness (QED) is 0.0320. The number of carbonyl (C=O) groups excluding carboxylic acids is 2. The number of carbonyl (C=O) groups is 2. The largest absolute Gasteiger partial charge is 0.466 e. The van der Waals surface area contributed by atoms with Gasteiger partial charge in [-0.05, 0) is 89.9 Å². The van der Waals surface area contributed by atoms with E-state index in [0.717, 1.165) is 51.4 Å². The minimum absolute atomic E-state index is 0.00985. The van der Waals surface area contributed by atoms with Gasteiger partial charge in [0, 0.05) is 12.8 Å². The van der Waals surface area contributed by atoms with E-state index in [-0.39, 0.29) is 18.5 Å². The summed E-state index contributed by atoms with van der Waals surface area (Å²) in [7, 11) is 0. The van der Waals surface area contributed by atoms with E-state index in [9.17, 15) is 19.8 Å². The Labute approximate surface area is 582 Å². The molecule has 0 bridgehead atoms. The third-order valence-corrected chi connectivity index (χ3v) is 19.8. The molecule has 0 saturated carbocycles. The highest BCUT2D eigenvalue weighted by molar-refractivity contribution is 5.76. The van der Waals surface area contributed by atoms with Gasteiger partial charge in [-0.1, -0.05) is 416 Å². The van der Waals surface area contributed by atoms with Crippen LogP contribution < -0.4 is 5.32 Å². The van der Waals surface area contributed by atoms with Gasteiger partial charge in [-0.25, -0.2) is 0 Å². The van der Waals surface area contributed by atoms with Gasteiger partial charge < -0.3 is 20.3 Å².